The van der Waals surface area contributed by atoms with Crippen LogP contribution in [0.5, 0.6) is 5.75 Å². The minimum Gasteiger partial charge on any atom is -0.486 e. The molecule has 0 N–H and O–H groups in total. The zero-order valence-corrected chi connectivity index (χ0v) is 17.0. The van der Waals surface area contributed by atoms with Crippen molar-refractivity contribution in [2.75, 3.05) is 19.8 Å². The van der Waals surface area contributed by atoms with Crippen LogP contribution in [0.15, 0.2) is 38.5 Å². The van der Waals surface area contributed by atoms with Crippen molar-refractivity contribution in [2.45, 2.75) is 58.8 Å². The highest BCUT2D eigenvalue weighted by Crippen LogP contribution is 2.24. The lowest BCUT2D eigenvalue weighted by Crippen LogP contribution is -2.15. The molecule has 0 aliphatic carbocycles. The van der Waals surface area contributed by atoms with E-state index < -0.39 is 5.63 Å². The smallest absolute Gasteiger partial charge is 0.379 e. The lowest BCUT2D eigenvalue weighted by molar-refractivity contribution is 0.287. The maximum absolute atomic E-state index is 12.2. The van der Waals surface area contributed by atoms with Gasteiger partial charge in [-0.2, -0.15) is 0 Å². The van der Waals surface area contributed by atoms with E-state index in [0.717, 1.165) is 68.5 Å². The Kier molecular flexibility index (Phi) is 7.52. The Morgan fingerprint density at radius 3 is 2.75 bits per heavy atom. The molecule has 0 saturated carbocycles. The van der Waals surface area contributed by atoms with Crippen LogP contribution in [0, 0.1) is 12.8 Å². The number of nitrogens with zero attached hydrogens (tertiary/aromatic N) is 1. The Hall–Kier alpha value is -2.30. The van der Waals surface area contributed by atoms with Crippen LogP contribution < -0.4 is 10.4 Å². The van der Waals surface area contributed by atoms with E-state index in [9.17, 15) is 4.79 Å². The van der Waals surface area contributed by atoms with Crippen LogP contribution in [0.3, 0.4) is 0 Å². The van der Waals surface area contributed by atoms with Crippen molar-refractivity contribution < 1.29 is 13.9 Å². The molecular weight excluding hydrogens is 354 g/mol. The molecule has 1 aromatic carbocycles. The molecule has 3 rings (SSSR count). The van der Waals surface area contributed by atoms with Gasteiger partial charge in [-0.1, -0.05) is 50.8 Å². The molecule has 2 heterocycles. The average molecular weight is 386 g/mol. The quantitative estimate of drug-likeness (QED) is 0.390. The van der Waals surface area contributed by atoms with Crippen LogP contribution in [-0.4, -0.2) is 25.7 Å². The highest BCUT2D eigenvalue weighted by atomic mass is 16.5. The lowest BCUT2D eigenvalue weighted by Gasteiger charge is -2.15. The van der Waals surface area contributed by atoms with Gasteiger partial charge in [0.25, 0.3) is 0 Å². The van der Waals surface area contributed by atoms with E-state index in [0.29, 0.717) is 23.9 Å². The SMILES string of the molecule is CCCC(CCCCCCOc1c(C)c2ccccc2oc1=O)C1=NCCO1. The summed E-state index contributed by atoms with van der Waals surface area (Å²) in [5, 5.41) is 0.927. The molecule has 1 unspecified atom stereocenters. The van der Waals surface area contributed by atoms with Crippen molar-refractivity contribution in [3.05, 3.63) is 40.2 Å². The molecule has 5 heteroatoms. The van der Waals surface area contributed by atoms with Crippen LogP contribution in [0.25, 0.3) is 11.0 Å². The molecule has 0 fully saturated rings. The van der Waals surface area contributed by atoms with Crippen LogP contribution in [-0.2, 0) is 4.74 Å². The number of para-hydroxylation sites is 1. The topological polar surface area (TPSA) is 61.0 Å². The van der Waals surface area contributed by atoms with Gasteiger partial charge >= 0.3 is 5.63 Å². The van der Waals surface area contributed by atoms with Gasteiger partial charge in [0, 0.05) is 16.9 Å². The fourth-order valence-corrected chi connectivity index (χ4v) is 3.81. The summed E-state index contributed by atoms with van der Waals surface area (Å²) in [5.74, 6) is 1.80. The van der Waals surface area contributed by atoms with E-state index in [1.165, 1.54) is 6.42 Å². The van der Waals surface area contributed by atoms with Gasteiger partial charge < -0.3 is 13.9 Å². The van der Waals surface area contributed by atoms with Gasteiger partial charge in [-0.05, 0) is 32.3 Å². The minimum absolute atomic E-state index is 0.345. The summed E-state index contributed by atoms with van der Waals surface area (Å²) in [5.41, 5.74) is 1.07. The first-order valence-electron chi connectivity index (χ1n) is 10.5. The molecule has 0 radical (unpaired) electrons. The lowest BCUT2D eigenvalue weighted by atomic mass is 9.96. The van der Waals surface area contributed by atoms with E-state index in [1.54, 1.807) is 0 Å². The predicted octanol–water partition coefficient (Wildman–Crippen LogP) is 5.28. The van der Waals surface area contributed by atoms with Gasteiger partial charge in [-0.25, -0.2) is 4.79 Å². The average Bonchev–Trinajstić information content (AvgIpc) is 3.23. The van der Waals surface area contributed by atoms with Gasteiger partial charge in [0.15, 0.2) is 5.90 Å². The van der Waals surface area contributed by atoms with Crippen LogP contribution in [0.2, 0.25) is 0 Å². The molecule has 1 aliphatic rings. The summed E-state index contributed by atoms with van der Waals surface area (Å²) in [6.45, 7) is 6.23. The second-order valence-electron chi connectivity index (χ2n) is 7.45. The Labute approximate surface area is 166 Å². The summed E-state index contributed by atoms with van der Waals surface area (Å²) >= 11 is 0. The zero-order valence-electron chi connectivity index (χ0n) is 17.0. The van der Waals surface area contributed by atoms with Crippen LogP contribution in [0.4, 0.5) is 0 Å². The van der Waals surface area contributed by atoms with E-state index >= 15 is 0 Å². The fourth-order valence-electron chi connectivity index (χ4n) is 3.81. The monoisotopic (exact) mass is 385 g/mol. The number of hydrogen-bond acceptors (Lipinski definition) is 5. The minimum atomic E-state index is -0.393. The van der Waals surface area contributed by atoms with Gasteiger partial charge in [-0.3, -0.25) is 4.99 Å². The van der Waals surface area contributed by atoms with Crippen molar-refractivity contribution in [3.63, 3.8) is 0 Å². The molecule has 28 heavy (non-hydrogen) atoms. The second-order valence-corrected chi connectivity index (χ2v) is 7.45. The first-order valence-corrected chi connectivity index (χ1v) is 10.5. The Morgan fingerprint density at radius 1 is 1.14 bits per heavy atom. The largest absolute Gasteiger partial charge is 0.486 e. The Balaban J connectivity index is 1.40. The summed E-state index contributed by atoms with van der Waals surface area (Å²) < 4.78 is 16.8. The molecule has 5 nitrogen and oxygen atoms in total. The molecule has 0 spiro atoms. The highest BCUT2D eigenvalue weighted by Gasteiger charge is 2.19. The van der Waals surface area contributed by atoms with Gasteiger partial charge in [-0.15, -0.1) is 0 Å². The predicted molar refractivity (Wildman–Crippen MR) is 112 cm³/mol. The number of hydrogen-bond donors (Lipinski definition) is 0. The first kappa shape index (κ1) is 20.4. The fraction of sp³-hybridized carbons (Fsp3) is 0.565. The zero-order chi connectivity index (χ0) is 19.8. The van der Waals surface area contributed by atoms with Crippen molar-refractivity contribution in [2.24, 2.45) is 10.9 Å². The first-order chi connectivity index (χ1) is 13.7. The summed E-state index contributed by atoms with van der Waals surface area (Å²) in [6, 6.07) is 7.56. The molecule has 0 saturated heterocycles. The molecule has 1 aromatic heterocycles. The molecule has 0 amide bonds. The maximum Gasteiger partial charge on any atom is 0.379 e. The Bertz CT molecular complexity index is 855. The number of unbranched alkanes of at least 4 members (excludes halogenated alkanes) is 3. The summed E-state index contributed by atoms with van der Waals surface area (Å²) in [6.07, 6.45) is 7.80. The second kappa shape index (κ2) is 10.3. The number of ether oxygens (including phenoxy) is 2. The molecular formula is C23H31NO4. The molecule has 0 bridgehead atoms. The van der Waals surface area contributed by atoms with Crippen molar-refractivity contribution in [1.82, 2.24) is 0 Å². The van der Waals surface area contributed by atoms with Gasteiger partial charge in [0.1, 0.15) is 12.2 Å². The number of aryl methyl sites for hydroxylation is 1. The van der Waals surface area contributed by atoms with Gasteiger partial charge in [0.2, 0.25) is 5.75 Å². The summed E-state index contributed by atoms with van der Waals surface area (Å²) in [7, 11) is 0. The van der Waals surface area contributed by atoms with Crippen molar-refractivity contribution in [3.8, 4) is 5.75 Å². The number of fused-ring (bicyclic) bond motifs is 1. The molecule has 1 aliphatic heterocycles. The highest BCUT2D eigenvalue weighted by molar-refractivity contribution is 5.81. The molecule has 1 atom stereocenters. The third-order valence-corrected chi connectivity index (χ3v) is 5.31. The number of benzene rings is 1. The third-order valence-electron chi connectivity index (χ3n) is 5.31. The van der Waals surface area contributed by atoms with E-state index in [1.807, 2.05) is 31.2 Å². The molecule has 2 aromatic rings. The number of aliphatic imine (C=N–C) groups is 1. The third kappa shape index (κ3) is 5.15. The van der Waals surface area contributed by atoms with E-state index in [-0.39, 0.29) is 0 Å². The Morgan fingerprint density at radius 2 is 1.96 bits per heavy atom. The summed E-state index contributed by atoms with van der Waals surface area (Å²) in [4.78, 5) is 16.7. The molecule has 152 valence electrons. The van der Waals surface area contributed by atoms with Gasteiger partial charge in [0.05, 0.1) is 13.2 Å². The normalized spacial score (nSPS) is 14.7. The van der Waals surface area contributed by atoms with Crippen LogP contribution in [0.1, 0.15) is 57.4 Å². The standard InChI is InChI=1S/C23H31NO4/c1-3-10-18(22-24-14-16-27-22)11-6-4-5-9-15-26-21-17(2)19-12-7-8-13-20(19)28-23(21)25/h7-8,12-13,18H,3-6,9-11,14-16H2,1-2H3. The maximum atomic E-state index is 12.2. The van der Waals surface area contributed by atoms with Crippen LogP contribution >= 0.6 is 0 Å². The van der Waals surface area contributed by atoms with E-state index in [2.05, 4.69) is 11.9 Å². The van der Waals surface area contributed by atoms with Crippen molar-refractivity contribution >= 4 is 16.9 Å². The van der Waals surface area contributed by atoms with Crippen molar-refractivity contribution in [1.29, 1.82) is 0 Å². The number of rotatable bonds is 11. The van der Waals surface area contributed by atoms with E-state index in [4.69, 9.17) is 13.9 Å².